The van der Waals surface area contributed by atoms with Gasteiger partial charge >= 0.3 is 13.8 Å². The van der Waals surface area contributed by atoms with Gasteiger partial charge in [-0.3, -0.25) is 13.8 Å². The van der Waals surface area contributed by atoms with Gasteiger partial charge in [-0.25, -0.2) is 4.57 Å². The van der Waals surface area contributed by atoms with Crippen LogP contribution in [0.25, 0.3) is 0 Å². The average molecular weight is 715 g/mol. The van der Waals surface area contributed by atoms with E-state index in [9.17, 15) is 14.3 Å². The van der Waals surface area contributed by atoms with E-state index in [2.05, 4.69) is 50.3 Å². The van der Waals surface area contributed by atoms with Crippen molar-refractivity contribution in [2.75, 3.05) is 54.1 Å². The maximum absolute atomic E-state index is 12.4. The number of carbonyl (C=O) groups excluding carboxylic acids is 1. The smallest absolute Gasteiger partial charge is 0.457 e. The van der Waals surface area contributed by atoms with E-state index in [0.717, 1.165) is 64.2 Å². The topological polar surface area (TPSA) is 91.3 Å². The van der Waals surface area contributed by atoms with Gasteiger partial charge in [0.2, 0.25) is 0 Å². The number of hydrogen-bond acceptors (Lipinski definition) is 6. The van der Waals surface area contributed by atoms with Gasteiger partial charge in [-0.05, 0) is 51.4 Å². The van der Waals surface area contributed by atoms with Crippen LogP contribution in [-0.2, 0) is 27.9 Å². The van der Waals surface area contributed by atoms with Crippen molar-refractivity contribution in [2.24, 2.45) is 0 Å². The molecule has 0 saturated heterocycles. The SMILES string of the molecule is CCCCCCC/C=C\C/C=C\C/C=C\CCCCCCCCCOCC(COP(=O)(O)OCC[N+](C)(C)C)OC(=O)CCCCCCC. The lowest BCUT2D eigenvalue weighted by atomic mass is 10.1. The molecule has 0 aliphatic heterocycles. The Kier molecular flexibility index (Phi) is 33.0. The number of rotatable bonds is 36. The Hall–Kier alpha value is -1.28. The van der Waals surface area contributed by atoms with Crippen molar-refractivity contribution >= 4 is 13.8 Å². The van der Waals surface area contributed by atoms with Gasteiger partial charge in [-0.15, -0.1) is 0 Å². The summed E-state index contributed by atoms with van der Waals surface area (Å²) in [5.74, 6) is -0.332. The number of unbranched alkanes of at least 4 members (excludes halogenated alkanes) is 16. The molecule has 1 N–H and O–H groups in total. The lowest BCUT2D eigenvalue weighted by Gasteiger charge is -2.24. The van der Waals surface area contributed by atoms with E-state index in [4.69, 9.17) is 18.5 Å². The van der Waals surface area contributed by atoms with E-state index in [-0.39, 0.29) is 25.8 Å². The number of phosphoric acid groups is 1. The summed E-state index contributed by atoms with van der Waals surface area (Å²) >= 11 is 0. The largest absolute Gasteiger partial charge is 0.472 e. The van der Waals surface area contributed by atoms with Crippen molar-refractivity contribution in [3.63, 3.8) is 0 Å². The zero-order valence-electron chi connectivity index (χ0n) is 32.4. The van der Waals surface area contributed by atoms with Crippen molar-refractivity contribution in [1.82, 2.24) is 0 Å². The summed E-state index contributed by atoms with van der Waals surface area (Å²) < 4.78 is 34.6. The van der Waals surface area contributed by atoms with Crippen LogP contribution in [0.15, 0.2) is 36.5 Å². The van der Waals surface area contributed by atoms with Crippen LogP contribution in [0.2, 0.25) is 0 Å². The highest BCUT2D eigenvalue weighted by molar-refractivity contribution is 7.47. The third kappa shape index (κ3) is 37.8. The Bertz CT molecular complexity index is 884. The Morgan fingerprint density at radius 3 is 1.67 bits per heavy atom. The fourth-order valence-electron chi connectivity index (χ4n) is 5.09. The molecule has 0 bridgehead atoms. The van der Waals surface area contributed by atoms with Crippen molar-refractivity contribution in [2.45, 2.75) is 161 Å². The summed E-state index contributed by atoms with van der Waals surface area (Å²) in [6.07, 6.45) is 37.9. The second-order valence-corrected chi connectivity index (χ2v) is 15.8. The zero-order valence-corrected chi connectivity index (χ0v) is 33.3. The van der Waals surface area contributed by atoms with Crippen molar-refractivity contribution < 1.29 is 37.3 Å². The van der Waals surface area contributed by atoms with Crippen molar-refractivity contribution in [3.05, 3.63) is 36.5 Å². The highest BCUT2D eigenvalue weighted by atomic mass is 31.2. The maximum Gasteiger partial charge on any atom is 0.472 e. The van der Waals surface area contributed by atoms with E-state index in [1.54, 1.807) is 0 Å². The number of nitrogens with zero attached hydrogens (tertiary/aromatic N) is 1. The number of likely N-dealkylation sites (N-methyl/N-ethyl adjacent to an activating group) is 1. The molecule has 0 aromatic rings. The Labute approximate surface area is 302 Å². The molecule has 0 amide bonds. The first-order valence-corrected chi connectivity index (χ1v) is 21.2. The fourth-order valence-corrected chi connectivity index (χ4v) is 5.83. The molecule has 0 fully saturated rings. The number of ether oxygens (including phenoxy) is 2. The summed E-state index contributed by atoms with van der Waals surface area (Å²) in [6.45, 7) is 5.49. The second-order valence-electron chi connectivity index (χ2n) is 14.3. The van der Waals surface area contributed by atoms with Crippen LogP contribution in [0.4, 0.5) is 0 Å². The number of phosphoric ester groups is 1. The standard InChI is InChI=1S/C40H76NO7P/c1-6-8-10-12-13-14-15-16-17-18-19-20-21-22-23-24-25-26-27-28-30-32-35-45-37-39(48-40(42)33-31-29-11-9-7-2)38-47-49(43,44)46-36-34-41(3,4)5/h15-16,18-19,21-22,39H,6-14,17,20,23-38H2,1-5H3/p+1/b16-15-,19-18-,22-21-. The van der Waals surface area contributed by atoms with E-state index >= 15 is 0 Å². The third-order valence-electron chi connectivity index (χ3n) is 8.20. The summed E-state index contributed by atoms with van der Waals surface area (Å²) in [4.78, 5) is 22.5. The molecule has 288 valence electrons. The first-order valence-electron chi connectivity index (χ1n) is 19.7. The quantitative estimate of drug-likeness (QED) is 0.0227. The van der Waals surface area contributed by atoms with Crippen LogP contribution in [0.5, 0.6) is 0 Å². The second kappa shape index (κ2) is 33.8. The van der Waals surface area contributed by atoms with Crippen LogP contribution in [-0.4, -0.2) is 75.6 Å². The van der Waals surface area contributed by atoms with Gasteiger partial charge < -0.3 is 18.9 Å². The minimum atomic E-state index is -4.26. The molecule has 8 nitrogen and oxygen atoms in total. The number of hydrogen-bond donors (Lipinski definition) is 1. The number of allylic oxidation sites excluding steroid dienone is 6. The predicted molar refractivity (Wildman–Crippen MR) is 206 cm³/mol. The summed E-state index contributed by atoms with van der Waals surface area (Å²) in [7, 11) is 1.65. The third-order valence-corrected chi connectivity index (χ3v) is 9.19. The molecular weight excluding hydrogens is 637 g/mol. The predicted octanol–water partition coefficient (Wildman–Crippen LogP) is 11.0. The van der Waals surface area contributed by atoms with Gasteiger partial charge in [0.15, 0.2) is 0 Å². The fraction of sp³-hybridized carbons (Fsp3) is 0.825. The van der Waals surface area contributed by atoms with Gasteiger partial charge in [0.25, 0.3) is 0 Å². The minimum Gasteiger partial charge on any atom is -0.457 e. The van der Waals surface area contributed by atoms with Crippen LogP contribution in [0, 0.1) is 0 Å². The van der Waals surface area contributed by atoms with Gasteiger partial charge in [0.05, 0.1) is 34.4 Å². The highest BCUT2D eigenvalue weighted by Crippen LogP contribution is 2.43. The first kappa shape index (κ1) is 47.7. The van der Waals surface area contributed by atoms with Crippen LogP contribution >= 0.6 is 7.82 Å². The molecule has 49 heavy (non-hydrogen) atoms. The molecule has 9 heteroatoms. The Balaban J connectivity index is 4.06. The summed E-state index contributed by atoms with van der Waals surface area (Å²) in [5.41, 5.74) is 0. The molecule has 0 saturated carbocycles. The van der Waals surface area contributed by atoms with Crippen LogP contribution < -0.4 is 0 Å². The monoisotopic (exact) mass is 715 g/mol. The molecule has 0 rings (SSSR count). The normalized spacial score (nSPS) is 14.3. The van der Waals surface area contributed by atoms with Gasteiger partial charge in [-0.1, -0.05) is 134 Å². The highest BCUT2D eigenvalue weighted by Gasteiger charge is 2.26. The molecule has 0 aromatic heterocycles. The summed E-state index contributed by atoms with van der Waals surface area (Å²) in [6, 6.07) is 0. The molecule has 2 unspecified atom stereocenters. The molecule has 0 aliphatic rings. The number of esters is 1. The van der Waals surface area contributed by atoms with E-state index in [1.807, 2.05) is 21.1 Å². The maximum atomic E-state index is 12.4. The molecule has 0 radical (unpaired) electrons. The van der Waals surface area contributed by atoms with Crippen molar-refractivity contribution in [1.29, 1.82) is 0 Å². The molecule has 0 aromatic carbocycles. The molecular formula is C40H77NO7P+. The van der Waals surface area contributed by atoms with E-state index in [0.29, 0.717) is 24.1 Å². The molecule has 2 atom stereocenters. The van der Waals surface area contributed by atoms with Crippen LogP contribution in [0.3, 0.4) is 0 Å². The van der Waals surface area contributed by atoms with Crippen LogP contribution in [0.1, 0.15) is 155 Å². The van der Waals surface area contributed by atoms with Gasteiger partial charge in [-0.2, -0.15) is 0 Å². The zero-order chi connectivity index (χ0) is 36.3. The molecule has 0 spiro atoms. The molecule has 0 aliphatic carbocycles. The Morgan fingerprint density at radius 1 is 0.633 bits per heavy atom. The van der Waals surface area contributed by atoms with Gasteiger partial charge in [0, 0.05) is 13.0 Å². The van der Waals surface area contributed by atoms with Crippen molar-refractivity contribution in [3.8, 4) is 0 Å². The number of quaternary nitrogens is 1. The van der Waals surface area contributed by atoms with Gasteiger partial charge in [0.1, 0.15) is 19.3 Å². The van der Waals surface area contributed by atoms with E-state index in [1.165, 1.54) is 70.6 Å². The van der Waals surface area contributed by atoms with E-state index < -0.39 is 13.9 Å². The minimum absolute atomic E-state index is 0.0860. The first-order chi connectivity index (χ1) is 23.6. The lowest BCUT2D eigenvalue weighted by molar-refractivity contribution is -0.870. The summed E-state index contributed by atoms with van der Waals surface area (Å²) in [5, 5.41) is 0. The Morgan fingerprint density at radius 2 is 1.12 bits per heavy atom. The number of carbonyl (C=O) groups is 1. The lowest BCUT2D eigenvalue weighted by Crippen LogP contribution is -2.37. The molecule has 0 heterocycles. The average Bonchev–Trinajstić information content (AvgIpc) is 3.04.